The van der Waals surface area contributed by atoms with Gasteiger partial charge in [-0.25, -0.2) is 0 Å². The highest BCUT2D eigenvalue weighted by Gasteiger charge is 2.17. The molecule has 0 aliphatic carbocycles. The molecule has 0 fully saturated rings. The van der Waals surface area contributed by atoms with E-state index in [1.807, 2.05) is 48.8 Å². The van der Waals surface area contributed by atoms with Crippen molar-refractivity contribution >= 4 is 23.9 Å². The topological polar surface area (TPSA) is 23.3 Å². The average molecular weight is 277 g/mol. The maximum atomic E-state index is 11.3. The monoisotopic (exact) mass is 277 g/mol. The second kappa shape index (κ2) is 6.18. The molecule has 0 unspecified atom stereocenters. The standard InChI is InChI=1S/C18H17N2O/c21-15-16-13-19(17-7-3-1-4-8-17)11-12-20(14-16)18-9-5-2-6-10-18/h1-10,13-15H,11-12H2/q+1. The molecule has 3 heteroatoms. The van der Waals surface area contributed by atoms with Crippen LogP contribution < -0.4 is 4.90 Å². The minimum Gasteiger partial charge on any atom is -0.341 e. The van der Waals surface area contributed by atoms with Gasteiger partial charge >= 0.3 is 0 Å². The van der Waals surface area contributed by atoms with Crippen molar-refractivity contribution in [3.8, 4) is 0 Å². The Hall–Kier alpha value is -2.68. The maximum Gasteiger partial charge on any atom is 0.205 e. The van der Waals surface area contributed by atoms with Gasteiger partial charge in [0, 0.05) is 24.0 Å². The van der Waals surface area contributed by atoms with Crippen molar-refractivity contribution in [1.29, 1.82) is 0 Å². The number of nitrogens with zero attached hydrogens (tertiary/aromatic N) is 2. The van der Waals surface area contributed by atoms with Gasteiger partial charge in [-0.05, 0) is 12.1 Å². The number of benzene rings is 2. The molecule has 2 aromatic carbocycles. The second-order valence-electron chi connectivity index (χ2n) is 4.93. The molecule has 2 aromatic rings. The van der Waals surface area contributed by atoms with Crippen LogP contribution in [-0.4, -0.2) is 30.2 Å². The summed E-state index contributed by atoms with van der Waals surface area (Å²) in [7, 11) is 0. The lowest BCUT2D eigenvalue weighted by molar-refractivity contribution is -0.431. The zero-order valence-corrected chi connectivity index (χ0v) is 11.7. The molecule has 0 bridgehead atoms. The largest absolute Gasteiger partial charge is 0.341 e. The van der Waals surface area contributed by atoms with E-state index in [0.29, 0.717) is 5.57 Å². The van der Waals surface area contributed by atoms with Crippen molar-refractivity contribution in [2.24, 2.45) is 0 Å². The van der Waals surface area contributed by atoms with Gasteiger partial charge in [0.25, 0.3) is 0 Å². The van der Waals surface area contributed by atoms with Gasteiger partial charge in [-0.15, -0.1) is 0 Å². The van der Waals surface area contributed by atoms with E-state index in [2.05, 4.69) is 33.7 Å². The molecule has 3 nitrogen and oxygen atoms in total. The van der Waals surface area contributed by atoms with E-state index in [4.69, 9.17) is 0 Å². The van der Waals surface area contributed by atoms with Gasteiger partial charge in [-0.2, -0.15) is 4.58 Å². The molecule has 1 aliphatic heterocycles. The maximum absolute atomic E-state index is 11.3. The summed E-state index contributed by atoms with van der Waals surface area (Å²) < 4.78 is 2.11. The molecule has 0 atom stereocenters. The molecule has 0 N–H and O–H groups in total. The van der Waals surface area contributed by atoms with Gasteiger partial charge in [0.1, 0.15) is 0 Å². The minimum absolute atomic E-state index is 0.667. The van der Waals surface area contributed by atoms with E-state index in [-0.39, 0.29) is 0 Å². The quantitative estimate of drug-likeness (QED) is 0.636. The number of carbonyl (C=O) groups excluding carboxylic acids is 1. The number of carbonyl (C=O) groups is 1. The number of anilines is 1. The zero-order chi connectivity index (χ0) is 14.5. The van der Waals surface area contributed by atoms with Crippen molar-refractivity contribution in [3.63, 3.8) is 0 Å². The summed E-state index contributed by atoms with van der Waals surface area (Å²) >= 11 is 0. The van der Waals surface area contributed by atoms with Crippen LogP contribution in [0, 0.1) is 0 Å². The number of para-hydroxylation sites is 2. The van der Waals surface area contributed by atoms with Crippen LogP contribution in [0.2, 0.25) is 0 Å². The van der Waals surface area contributed by atoms with E-state index < -0.39 is 0 Å². The fourth-order valence-electron chi connectivity index (χ4n) is 2.44. The van der Waals surface area contributed by atoms with E-state index in [9.17, 15) is 4.79 Å². The SMILES string of the molecule is O=CC1=CN(c2ccccc2)CC[N+](c2ccccc2)=C1. The van der Waals surface area contributed by atoms with E-state index in [1.165, 1.54) is 0 Å². The van der Waals surface area contributed by atoms with E-state index in [1.54, 1.807) is 0 Å². The molecule has 21 heavy (non-hydrogen) atoms. The fourth-order valence-corrected chi connectivity index (χ4v) is 2.44. The van der Waals surface area contributed by atoms with E-state index in [0.717, 1.165) is 30.8 Å². The summed E-state index contributed by atoms with van der Waals surface area (Å²) in [5.41, 5.74) is 2.86. The first-order chi connectivity index (χ1) is 10.4. The van der Waals surface area contributed by atoms with Gasteiger partial charge in [0.2, 0.25) is 5.69 Å². The summed E-state index contributed by atoms with van der Waals surface area (Å²) in [6, 6.07) is 20.2. The average Bonchev–Trinajstić information content (AvgIpc) is 2.79. The van der Waals surface area contributed by atoms with Gasteiger partial charge in [0.05, 0.1) is 12.1 Å². The van der Waals surface area contributed by atoms with Crippen LogP contribution in [0.4, 0.5) is 11.4 Å². The third-order valence-corrected chi connectivity index (χ3v) is 3.50. The van der Waals surface area contributed by atoms with Crippen LogP contribution in [0.25, 0.3) is 0 Å². The zero-order valence-electron chi connectivity index (χ0n) is 11.7. The first kappa shape index (κ1) is 13.3. The molecule has 3 rings (SSSR count). The Morgan fingerprint density at radius 3 is 2.29 bits per heavy atom. The van der Waals surface area contributed by atoms with Crippen molar-refractivity contribution in [2.45, 2.75) is 0 Å². The molecule has 0 amide bonds. The molecule has 0 spiro atoms. The first-order valence-corrected chi connectivity index (χ1v) is 7.02. The Labute approximate surface area is 124 Å². The molecule has 0 radical (unpaired) electrons. The minimum atomic E-state index is 0.667. The van der Waals surface area contributed by atoms with Gasteiger partial charge in [-0.3, -0.25) is 4.79 Å². The third kappa shape index (κ3) is 3.08. The van der Waals surface area contributed by atoms with Crippen molar-refractivity contribution in [1.82, 2.24) is 0 Å². The molecule has 1 heterocycles. The first-order valence-electron chi connectivity index (χ1n) is 7.02. The van der Waals surface area contributed by atoms with Gasteiger partial charge in [0.15, 0.2) is 19.0 Å². The van der Waals surface area contributed by atoms with Crippen LogP contribution in [0.1, 0.15) is 0 Å². The van der Waals surface area contributed by atoms with Crippen molar-refractivity contribution in [2.75, 3.05) is 18.0 Å². The lowest BCUT2D eigenvalue weighted by atomic mass is 10.3. The predicted molar refractivity (Wildman–Crippen MR) is 85.2 cm³/mol. The second-order valence-corrected chi connectivity index (χ2v) is 4.93. The Balaban J connectivity index is 1.91. The molecule has 104 valence electrons. The summed E-state index contributed by atoms with van der Waals surface area (Å²) in [4.78, 5) is 13.4. The Bertz CT molecular complexity index is 675. The molecular weight excluding hydrogens is 260 g/mol. The number of rotatable bonds is 3. The lowest BCUT2D eigenvalue weighted by Crippen LogP contribution is -2.23. The number of allylic oxidation sites excluding steroid dienone is 1. The smallest absolute Gasteiger partial charge is 0.205 e. The molecule has 0 saturated heterocycles. The van der Waals surface area contributed by atoms with Crippen LogP contribution in [-0.2, 0) is 4.79 Å². The van der Waals surface area contributed by atoms with Crippen molar-refractivity contribution in [3.05, 3.63) is 72.4 Å². The Morgan fingerprint density at radius 1 is 0.952 bits per heavy atom. The summed E-state index contributed by atoms with van der Waals surface area (Å²) in [6.07, 6.45) is 4.72. The van der Waals surface area contributed by atoms with Crippen LogP contribution in [0.15, 0.2) is 72.4 Å². The number of hydrogen-bond acceptors (Lipinski definition) is 2. The van der Waals surface area contributed by atoms with Crippen LogP contribution >= 0.6 is 0 Å². The highest BCUT2D eigenvalue weighted by molar-refractivity contribution is 6.00. The number of aldehydes is 1. The third-order valence-electron chi connectivity index (χ3n) is 3.50. The van der Waals surface area contributed by atoms with Crippen LogP contribution in [0.3, 0.4) is 0 Å². The highest BCUT2D eigenvalue weighted by Crippen LogP contribution is 2.18. The molecule has 0 aromatic heterocycles. The van der Waals surface area contributed by atoms with E-state index >= 15 is 0 Å². The van der Waals surface area contributed by atoms with Gasteiger partial charge < -0.3 is 4.90 Å². The summed E-state index contributed by atoms with van der Waals surface area (Å²) in [5, 5.41) is 0. The molecule has 0 saturated carbocycles. The Kier molecular flexibility index (Phi) is 3.92. The van der Waals surface area contributed by atoms with Crippen molar-refractivity contribution < 1.29 is 9.37 Å². The molecule has 1 aliphatic rings. The summed E-state index contributed by atoms with van der Waals surface area (Å²) in [6.45, 7) is 1.65. The fraction of sp³-hybridized carbons (Fsp3) is 0.111. The lowest BCUT2D eigenvalue weighted by Gasteiger charge is -2.17. The predicted octanol–water partition coefficient (Wildman–Crippen LogP) is 3.00. The van der Waals surface area contributed by atoms with Gasteiger partial charge in [-0.1, -0.05) is 36.4 Å². The highest BCUT2D eigenvalue weighted by atomic mass is 16.1. The molecular formula is C18H17N2O+. The number of hydrogen-bond donors (Lipinski definition) is 0. The summed E-state index contributed by atoms with van der Waals surface area (Å²) in [5.74, 6) is 0. The Morgan fingerprint density at radius 2 is 1.62 bits per heavy atom. The normalized spacial score (nSPS) is 15.0. The van der Waals surface area contributed by atoms with Crippen LogP contribution in [0.5, 0.6) is 0 Å².